The summed E-state index contributed by atoms with van der Waals surface area (Å²) in [5.41, 5.74) is 4.33. The fourth-order valence-corrected chi connectivity index (χ4v) is 2.87. The first kappa shape index (κ1) is 16.8. The molecule has 6 heteroatoms. The van der Waals surface area contributed by atoms with E-state index in [1.807, 2.05) is 54.6 Å². The number of H-pyrrole nitrogens is 1. The van der Waals surface area contributed by atoms with Crippen molar-refractivity contribution in [3.05, 3.63) is 72.6 Å². The van der Waals surface area contributed by atoms with Crippen molar-refractivity contribution in [3.8, 4) is 17.1 Å². The largest absolute Gasteiger partial charge is 0.497 e. The molecule has 0 aliphatic carbocycles. The number of hydrogen-bond acceptors (Lipinski definition) is 4. The number of aromatic amines is 1. The summed E-state index contributed by atoms with van der Waals surface area (Å²) < 4.78 is 5.13. The van der Waals surface area contributed by atoms with Crippen LogP contribution in [-0.2, 0) is 11.2 Å². The Hall–Kier alpha value is -3.67. The van der Waals surface area contributed by atoms with Crippen molar-refractivity contribution < 1.29 is 9.53 Å². The molecule has 4 rings (SSSR count). The number of benzene rings is 2. The molecule has 2 aromatic carbocycles. The second-order valence-electron chi connectivity index (χ2n) is 6.13. The summed E-state index contributed by atoms with van der Waals surface area (Å²) in [6.07, 6.45) is 3.76. The molecule has 0 fully saturated rings. The molecule has 4 aromatic rings. The van der Waals surface area contributed by atoms with E-state index in [4.69, 9.17) is 4.74 Å². The number of nitrogens with zero attached hydrogens (tertiary/aromatic N) is 2. The van der Waals surface area contributed by atoms with Gasteiger partial charge in [-0.25, -0.2) is 4.98 Å². The lowest BCUT2D eigenvalue weighted by Crippen LogP contribution is -2.14. The zero-order valence-corrected chi connectivity index (χ0v) is 14.8. The molecule has 27 heavy (non-hydrogen) atoms. The summed E-state index contributed by atoms with van der Waals surface area (Å²) in [6.45, 7) is 0. The number of pyridine rings is 1. The molecule has 0 atom stereocenters. The molecule has 0 saturated carbocycles. The summed E-state index contributed by atoms with van der Waals surface area (Å²) in [6, 6.07) is 16.9. The fraction of sp³-hybridized carbons (Fsp3) is 0.0952. The molecule has 0 radical (unpaired) electrons. The zero-order chi connectivity index (χ0) is 18.6. The van der Waals surface area contributed by atoms with Gasteiger partial charge in [0, 0.05) is 23.6 Å². The van der Waals surface area contributed by atoms with Crippen LogP contribution in [0.25, 0.3) is 22.4 Å². The molecule has 6 nitrogen and oxygen atoms in total. The van der Waals surface area contributed by atoms with Crippen molar-refractivity contribution in [2.24, 2.45) is 0 Å². The average Bonchev–Trinajstić information content (AvgIpc) is 3.12. The number of carbonyl (C=O) groups excluding carboxylic acids is 1. The van der Waals surface area contributed by atoms with E-state index < -0.39 is 0 Å². The Morgan fingerprint density at radius 3 is 2.59 bits per heavy atom. The molecule has 0 bridgehead atoms. The van der Waals surface area contributed by atoms with Crippen molar-refractivity contribution in [1.82, 2.24) is 15.0 Å². The van der Waals surface area contributed by atoms with Crippen molar-refractivity contribution in [3.63, 3.8) is 0 Å². The highest BCUT2D eigenvalue weighted by Gasteiger charge is 2.08. The number of rotatable bonds is 5. The van der Waals surface area contributed by atoms with Gasteiger partial charge in [0.25, 0.3) is 0 Å². The summed E-state index contributed by atoms with van der Waals surface area (Å²) in [5, 5.41) is 2.93. The van der Waals surface area contributed by atoms with Crippen LogP contribution in [0.1, 0.15) is 5.56 Å². The molecule has 0 spiro atoms. The molecule has 2 N–H and O–H groups in total. The molecule has 0 saturated heterocycles. The highest BCUT2D eigenvalue weighted by Crippen LogP contribution is 2.22. The number of imidazole rings is 1. The smallest absolute Gasteiger partial charge is 0.228 e. The quantitative estimate of drug-likeness (QED) is 0.568. The second kappa shape index (κ2) is 7.29. The number of amides is 1. The average molecular weight is 358 g/mol. The molecule has 0 aliphatic rings. The van der Waals surface area contributed by atoms with Crippen molar-refractivity contribution >= 4 is 22.6 Å². The molecule has 2 heterocycles. The summed E-state index contributed by atoms with van der Waals surface area (Å²) >= 11 is 0. The first-order valence-corrected chi connectivity index (χ1v) is 8.54. The Kier molecular flexibility index (Phi) is 4.53. The van der Waals surface area contributed by atoms with Gasteiger partial charge in [-0.15, -0.1) is 0 Å². The standard InChI is InChI=1S/C21H18N4O2/c1-27-17-5-2-14(3-6-17)12-20(26)23-16-4-7-18-19(13-16)25-21(24-18)15-8-10-22-11-9-15/h2-11,13H,12H2,1H3,(H,23,26)(H,24,25). The lowest BCUT2D eigenvalue weighted by atomic mass is 10.1. The maximum atomic E-state index is 12.3. The molecular formula is C21H18N4O2. The van der Waals surface area contributed by atoms with Gasteiger partial charge in [0.05, 0.1) is 24.6 Å². The van der Waals surface area contributed by atoms with Gasteiger partial charge in [-0.2, -0.15) is 0 Å². The van der Waals surface area contributed by atoms with Crippen LogP contribution in [0.5, 0.6) is 5.75 Å². The number of hydrogen-bond donors (Lipinski definition) is 2. The highest BCUT2D eigenvalue weighted by molar-refractivity contribution is 5.94. The molecule has 0 aliphatic heterocycles. The summed E-state index contributed by atoms with van der Waals surface area (Å²) in [7, 11) is 1.62. The number of anilines is 1. The van der Waals surface area contributed by atoms with E-state index in [9.17, 15) is 4.79 Å². The van der Waals surface area contributed by atoms with Crippen molar-refractivity contribution in [2.45, 2.75) is 6.42 Å². The Balaban J connectivity index is 1.49. The van der Waals surface area contributed by atoms with E-state index in [0.717, 1.165) is 39.4 Å². The number of fused-ring (bicyclic) bond motifs is 1. The van der Waals surface area contributed by atoms with Crippen LogP contribution in [0.4, 0.5) is 5.69 Å². The van der Waals surface area contributed by atoms with Gasteiger partial charge >= 0.3 is 0 Å². The van der Waals surface area contributed by atoms with Gasteiger partial charge in [-0.1, -0.05) is 12.1 Å². The third kappa shape index (κ3) is 3.79. The van der Waals surface area contributed by atoms with E-state index in [0.29, 0.717) is 6.42 Å². The third-order valence-electron chi connectivity index (χ3n) is 4.24. The number of methoxy groups -OCH3 is 1. The van der Waals surface area contributed by atoms with Crippen molar-refractivity contribution in [2.75, 3.05) is 12.4 Å². The van der Waals surface area contributed by atoms with Gasteiger partial charge in [0.15, 0.2) is 0 Å². The Morgan fingerprint density at radius 2 is 1.85 bits per heavy atom. The first-order valence-electron chi connectivity index (χ1n) is 8.54. The van der Waals surface area contributed by atoms with Crippen LogP contribution in [0.3, 0.4) is 0 Å². The molecule has 0 unspecified atom stereocenters. The van der Waals surface area contributed by atoms with Gasteiger partial charge in [-0.05, 0) is 48.0 Å². The summed E-state index contributed by atoms with van der Waals surface area (Å²) in [4.78, 5) is 24.2. The zero-order valence-electron chi connectivity index (χ0n) is 14.8. The minimum Gasteiger partial charge on any atom is -0.497 e. The topological polar surface area (TPSA) is 79.9 Å². The minimum absolute atomic E-state index is 0.0756. The number of carbonyl (C=O) groups is 1. The van der Waals surface area contributed by atoms with Crippen molar-refractivity contribution in [1.29, 1.82) is 0 Å². The lowest BCUT2D eigenvalue weighted by Gasteiger charge is -2.06. The maximum Gasteiger partial charge on any atom is 0.228 e. The van der Waals surface area contributed by atoms with Gasteiger partial charge < -0.3 is 15.0 Å². The van der Waals surface area contributed by atoms with E-state index in [2.05, 4.69) is 20.3 Å². The van der Waals surface area contributed by atoms with Crippen LogP contribution in [0, 0.1) is 0 Å². The Morgan fingerprint density at radius 1 is 1.07 bits per heavy atom. The van der Waals surface area contributed by atoms with E-state index in [1.165, 1.54) is 0 Å². The van der Waals surface area contributed by atoms with Gasteiger partial charge in [-0.3, -0.25) is 9.78 Å². The number of ether oxygens (including phenoxy) is 1. The predicted molar refractivity (Wildman–Crippen MR) is 105 cm³/mol. The van der Waals surface area contributed by atoms with E-state index >= 15 is 0 Å². The maximum absolute atomic E-state index is 12.3. The first-order chi connectivity index (χ1) is 13.2. The van der Waals surface area contributed by atoms with Crippen LogP contribution >= 0.6 is 0 Å². The lowest BCUT2D eigenvalue weighted by molar-refractivity contribution is -0.115. The SMILES string of the molecule is COc1ccc(CC(=O)Nc2ccc3nc(-c4ccncc4)[nH]c3c2)cc1. The normalized spacial score (nSPS) is 10.7. The number of aromatic nitrogens is 3. The summed E-state index contributed by atoms with van der Waals surface area (Å²) in [5.74, 6) is 1.47. The minimum atomic E-state index is -0.0756. The monoisotopic (exact) mass is 358 g/mol. The van der Waals surface area contributed by atoms with Gasteiger partial charge in [0.2, 0.25) is 5.91 Å². The molecular weight excluding hydrogens is 340 g/mol. The van der Waals surface area contributed by atoms with Crippen LogP contribution in [0.15, 0.2) is 67.0 Å². The van der Waals surface area contributed by atoms with Gasteiger partial charge in [0.1, 0.15) is 11.6 Å². The Bertz CT molecular complexity index is 1070. The van der Waals surface area contributed by atoms with E-state index in [1.54, 1.807) is 19.5 Å². The molecule has 134 valence electrons. The molecule has 2 aromatic heterocycles. The van der Waals surface area contributed by atoms with Crippen LogP contribution in [-0.4, -0.2) is 28.0 Å². The molecule has 1 amide bonds. The highest BCUT2D eigenvalue weighted by atomic mass is 16.5. The predicted octanol–water partition coefficient (Wildman–Crippen LogP) is 3.81. The van der Waals surface area contributed by atoms with Crippen LogP contribution < -0.4 is 10.1 Å². The van der Waals surface area contributed by atoms with E-state index in [-0.39, 0.29) is 5.91 Å². The Labute approximate surface area is 156 Å². The number of nitrogens with one attached hydrogen (secondary N) is 2. The third-order valence-corrected chi connectivity index (χ3v) is 4.24. The second-order valence-corrected chi connectivity index (χ2v) is 6.13. The van der Waals surface area contributed by atoms with Crippen LogP contribution in [0.2, 0.25) is 0 Å². The fourth-order valence-electron chi connectivity index (χ4n) is 2.87.